The molecule has 5 heteroatoms. The molecule has 1 aromatic rings. The first-order chi connectivity index (χ1) is 5.79. The van der Waals surface area contributed by atoms with Gasteiger partial charge >= 0.3 is 67.5 Å². The predicted octanol–water partition coefficient (Wildman–Crippen LogP) is 0.982. The van der Waals surface area contributed by atoms with E-state index in [0.29, 0.717) is 6.29 Å². The predicted molar refractivity (Wildman–Crippen MR) is 38.9 cm³/mol. The molecule has 0 bridgehead atoms. The third-order valence-electron chi connectivity index (χ3n) is 1.30. The van der Waals surface area contributed by atoms with E-state index in [-0.39, 0.29) is 18.7 Å². The second kappa shape index (κ2) is 3.76. The van der Waals surface area contributed by atoms with Crippen molar-refractivity contribution in [3.8, 4) is 5.75 Å². The number of hydrogen-bond donors (Lipinski definition) is 0. The molecule has 0 aliphatic heterocycles. The van der Waals surface area contributed by atoms with Crippen molar-refractivity contribution < 1.29 is 18.5 Å². The van der Waals surface area contributed by atoms with Crippen LogP contribution in [0.2, 0.25) is 0 Å². The van der Waals surface area contributed by atoms with Crippen molar-refractivity contribution in [1.82, 2.24) is 0 Å². The van der Waals surface area contributed by atoms with Gasteiger partial charge in [0.15, 0.2) is 0 Å². The molecule has 0 fully saturated rings. The van der Waals surface area contributed by atoms with E-state index < -0.39 is 5.82 Å². The second-order valence-electron chi connectivity index (χ2n) is 1.99. The van der Waals surface area contributed by atoms with Gasteiger partial charge in [-0.1, -0.05) is 0 Å². The fourth-order valence-electron chi connectivity index (χ4n) is 0.762. The molecule has 0 aromatic heterocycles. The van der Waals surface area contributed by atoms with Gasteiger partial charge in [-0.25, -0.2) is 0 Å². The minimum atomic E-state index is -0.820. The second-order valence-corrected chi connectivity index (χ2v) is 1.99. The van der Waals surface area contributed by atoms with Crippen molar-refractivity contribution in [3.05, 3.63) is 29.6 Å². The molecule has 12 heavy (non-hydrogen) atoms. The average Bonchev–Trinajstić information content (AvgIpc) is 2.09. The van der Waals surface area contributed by atoms with Crippen molar-refractivity contribution in [1.29, 1.82) is 0 Å². The van der Waals surface area contributed by atoms with Crippen LogP contribution in [0.4, 0.5) is 4.39 Å². The van der Waals surface area contributed by atoms with Crippen LogP contribution in [-0.4, -0.2) is 13.6 Å². The number of rotatable bonds is 3. The fraction of sp³-hybridized carbons (Fsp3) is 0. The molecule has 3 nitrogen and oxygen atoms in total. The van der Waals surface area contributed by atoms with Crippen LogP contribution in [0.15, 0.2) is 18.2 Å². The third kappa shape index (κ3) is 1.55. The number of benzene rings is 1. The van der Waals surface area contributed by atoms with Gasteiger partial charge in [-0.3, -0.25) is 0 Å². The molecule has 0 heterocycles. The van der Waals surface area contributed by atoms with E-state index in [4.69, 9.17) is 0 Å². The SMILES string of the molecule is O=BOc1cccc(C=O)c1F. The van der Waals surface area contributed by atoms with Gasteiger partial charge in [-0.15, -0.1) is 0 Å². The zero-order chi connectivity index (χ0) is 8.97. The van der Waals surface area contributed by atoms with E-state index in [0.717, 1.165) is 0 Å². The van der Waals surface area contributed by atoms with Gasteiger partial charge < -0.3 is 0 Å². The molecule has 0 saturated heterocycles. The molecule has 0 N–H and O–H groups in total. The van der Waals surface area contributed by atoms with Crippen LogP contribution in [-0.2, 0) is 4.70 Å². The van der Waals surface area contributed by atoms with Gasteiger partial charge in [0.1, 0.15) is 0 Å². The van der Waals surface area contributed by atoms with Crippen LogP contribution in [0.1, 0.15) is 10.4 Å². The molecule has 1 aromatic carbocycles. The Morgan fingerprint density at radius 2 is 2.25 bits per heavy atom. The summed E-state index contributed by atoms with van der Waals surface area (Å²) in [5.74, 6) is -1.06. The Morgan fingerprint density at radius 1 is 1.50 bits per heavy atom. The number of hydrogen-bond acceptors (Lipinski definition) is 3. The van der Waals surface area contributed by atoms with Crippen molar-refractivity contribution in [2.24, 2.45) is 0 Å². The maximum atomic E-state index is 12.9. The van der Waals surface area contributed by atoms with E-state index in [2.05, 4.69) is 4.65 Å². The van der Waals surface area contributed by atoms with E-state index in [1.165, 1.54) is 18.2 Å². The van der Waals surface area contributed by atoms with Crippen molar-refractivity contribution in [2.45, 2.75) is 0 Å². The zero-order valence-corrected chi connectivity index (χ0v) is 5.99. The monoisotopic (exact) mass is 166 g/mol. The Balaban J connectivity index is 3.12. The summed E-state index contributed by atoms with van der Waals surface area (Å²) in [4.78, 5) is 10.2. The van der Waals surface area contributed by atoms with Crippen LogP contribution in [0, 0.1) is 5.82 Å². The number of carbonyl (C=O) groups is 1. The molecular formula is C7H4BFO3. The number of aldehydes is 1. The van der Waals surface area contributed by atoms with E-state index in [1.54, 1.807) is 0 Å². The molecule has 0 aliphatic carbocycles. The Kier molecular flexibility index (Phi) is 2.69. The van der Waals surface area contributed by atoms with Crippen LogP contribution in [0.25, 0.3) is 0 Å². The summed E-state index contributed by atoms with van der Waals surface area (Å²) in [6.45, 7) is 0. The molecule has 0 atom stereocenters. The van der Waals surface area contributed by atoms with Crippen molar-refractivity contribution in [3.63, 3.8) is 0 Å². The van der Waals surface area contributed by atoms with Crippen molar-refractivity contribution >= 4 is 13.6 Å². The summed E-state index contributed by atoms with van der Waals surface area (Å²) < 4.78 is 27.1. The average molecular weight is 166 g/mol. The normalized spacial score (nSPS) is 8.75. The van der Waals surface area contributed by atoms with E-state index >= 15 is 0 Å². The molecular weight excluding hydrogens is 162 g/mol. The van der Waals surface area contributed by atoms with Gasteiger partial charge in [0.05, 0.1) is 0 Å². The van der Waals surface area contributed by atoms with Gasteiger partial charge in [0.2, 0.25) is 0 Å². The van der Waals surface area contributed by atoms with Crippen LogP contribution < -0.4 is 4.65 Å². The first-order valence-electron chi connectivity index (χ1n) is 3.13. The van der Waals surface area contributed by atoms with Crippen LogP contribution >= 0.6 is 0 Å². The summed E-state index contributed by atoms with van der Waals surface area (Å²) in [6.07, 6.45) is 0.354. The molecule has 1 rings (SSSR count). The third-order valence-corrected chi connectivity index (χ3v) is 1.30. The Hall–Kier alpha value is -1.52. The Morgan fingerprint density at radius 3 is 2.83 bits per heavy atom. The summed E-state index contributed by atoms with van der Waals surface area (Å²) in [5, 5.41) is 0. The Bertz CT molecular complexity index is 314. The molecule has 0 unspecified atom stereocenters. The topological polar surface area (TPSA) is 43.4 Å². The minimum absolute atomic E-state index is 0.104. The van der Waals surface area contributed by atoms with Crippen LogP contribution in [0.3, 0.4) is 0 Å². The zero-order valence-electron chi connectivity index (χ0n) is 5.99. The van der Waals surface area contributed by atoms with Crippen molar-refractivity contribution in [2.75, 3.05) is 0 Å². The molecule has 0 aliphatic rings. The summed E-state index contributed by atoms with van der Waals surface area (Å²) in [6, 6.07) is 3.97. The summed E-state index contributed by atoms with van der Waals surface area (Å²) >= 11 is 0. The van der Waals surface area contributed by atoms with Gasteiger partial charge in [0, 0.05) is 0 Å². The van der Waals surface area contributed by atoms with Gasteiger partial charge in [-0.05, 0) is 0 Å². The standard InChI is InChI=1S/C7H4BFO3/c9-7-5(4-10)2-1-3-6(7)12-8-11/h1-4H. The summed E-state index contributed by atoms with van der Waals surface area (Å²) in [5.41, 5.74) is -0.130. The fourth-order valence-corrected chi connectivity index (χ4v) is 0.762. The molecule has 60 valence electrons. The molecule has 0 saturated carbocycles. The van der Waals surface area contributed by atoms with Gasteiger partial charge in [-0.2, -0.15) is 0 Å². The van der Waals surface area contributed by atoms with E-state index in [9.17, 15) is 13.9 Å². The molecule has 0 spiro atoms. The number of carbonyl (C=O) groups excluding carboxylic acids is 1. The van der Waals surface area contributed by atoms with Crippen LogP contribution in [0.5, 0.6) is 5.75 Å². The molecule has 0 radical (unpaired) electrons. The first kappa shape index (κ1) is 8.58. The first-order valence-corrected chi connectivity index (χ1v) is 3.13. The number of halogens is 1. The Labute approximate surface area is 68.4 Å². The maximum absolute atomic E-state index is 12.9. The molecule has 0 amide bonds. The van der Waals surface area contributed by atoms with Gasteiger partial charge in [0.25, 0.3) is 0 Å². The van der Waals surface area contributed by atoms with E-state index in [1.807, 2.05) is 0 Å². The quantitative estimate of drug-likeness (QED) is 0.496. The summed E-state index contributed by atoms with van der Waals surface area (Å²) in [7, 11) is 0.104.